The molecule has 0 saturated heterocycles. The van der Waals surface area contributed by atoms with Crippen molar-refractivity contribution >= 4 is 11.5 Å². The van der Waals surface area contributed by atoms with E-state index in [2.05, 4.69) is 15.3 Å². The number of hydrogen-bond donors (Lipinski definition) is 1. The second-order valence-electron chi connectivity index (χ2n) is 4.78. The number of rotatable bonds is 7. The molecule has 0 bridgehead atoms. The Morgan fingerprint density at radius 3 is 2.91 bits per heavy atom. The molecule has 0 aliphatic rings. The first-order valence-corrected chi connectivity index (χ1v) is 7.03. The van der Waals surface area contributed by atoms with E-state index in [-0.39, 0.29) is 5.69 Å². The molecule has 0 amide bonds. The number of ether oxygens (including phenoxy) is 1. The lowest BCUT2D eigenvalue weighted by molar-refractivity contribution is -0.385. The number of hydrogen-bond acceptors (Lipinski definition) is 6. The zero-order chi connectivity index (χ0) is 15.9. The highest BCUT2D eigenvalue weighted by atomic mass is 16.6. The molecule has 0 fully saturated rings. The second kappa shape index (κ2) is 7.35. The van der Waals surface area contributed by atoms with E-state index in [0.29, 0.717) is 30.4 Å². The lowest BCUT2D eigenvalue weighted by Crippen LogP contribution is -2.06. The van der Waals surface area contributed by atoms with Gasteiger partial charge in [0.05, 0.1) is 11.5 Å². The van der Waals surface area contributed by atoms with Gasteiger partial charge in [-0.3, -0.25) is 10.1 Å². The summed E-state index contributed by atoms with van der Waals surface area (Å²) in [5.74, 6) is 1.17. The molecule has 22 heavy (non-hydrogen) atoms. The molecule has 116 valence electrons. The van der Waals surface area contributed by atoms with Gasteiger partial charge < -0.3 is 10.1 Å². The molecule has 2 rings (SSSR count). The number of pyridine rings is 2. The molecule has 0 radical (unpaired) electrons. The molecule has 0 aliphatic heterocycles. The SMILES string of the molecule is CCCOc1ncccc1CNc1cc(C)c([N+](=O)[O-])cn1. The molecular formula is C15H18N4O3. The van der Waals surface area contributed by atoms with Gasteiger partial charge in [0.2, 0.25) is 5.88 Å². The van der Waals surface area contributed by atoms with Crippen LogP contribution in [0.5, 0.6) is 5.88 Å². The number of aromatic nitrogens is 2. The summed E-state index contributed by atoms with van der Waals surface area (Å²) in [6.07, 6.45) is 3.85. The molecule has 0 saturated carbocycles. The van der Waals surface area contributed by atoms with Crippen molar-refractivity contribution < 1.29 is 9.66 Å². The van der Waals surface area contributed by atoms with E-state index in [1.165, 1.54) is 6.20 Å². The zero-order valence-electron chi connectivity index (χ0n) is 12.6. The quantitative estimate of drug-likeness (QED) is 0.624. The summed E-state index contributed by atoms with van der Waals surface area (Å²) < 4.78 is 5.59. The van der Waals surface area contributed by atoms with Crippen molar-refractivity contribution in [3.8, 4) is 5.88 Å². The summed E-state index contributed by atoms with van der Waals surface area (Å²) in [6, 6.07) is 5.41. The van der Waals surface area contributed by atoms with Crippen LogP contribution < -0.4 is 10.1 Å². The second-order valence-corrected chi connectivity index (χ2v) is 4.78. The van der Waals surface area contributed by atoms with Crippen molar-refractivity contribution in [1.82, 2.24) is 9.97 Å². The Morgan fingerprint density at radius 1 is 1.41 bits per heavy atom. The molecule has 0 spiro atoms. The van der Waals surface area contributed by atoms with Crippen molar-refractivity contribution in [2.24, 2.45) is 0 Å². The minimum Gasteiger partial charge on any atom is -0.477 e. The van der Waals surface area contributed by atoms with Crippen LogP contribution in [0.25, 0.3) is 0 Å². The Hall–Kier alpha value is -2.70. The van der Waals surface area contributed by atoms with Crippen LogP contribution in [0.3, 0.4) is 0 Å². The first kappa shape index (κ1) is 15.7. The Kier molecular flexibility index (Phi) is 5.24. The maximum atomic E-state index is 10.8. The third-order valence-corrected chi connectivity index (χ3v) is 3.03. The summed E-state index contributed by atoms with van der Waals surface area (Å²) in [5, 5.41) is 13.9. The fourth-order valence-corrected chi connectivity index (χ4v) is 1.91. The van der Waals surface area contributed by atoms with E-state index in [1.54, 1.807) is 19.2 Å². The highest BCUT2D eigenvalue weighted by Gasteiger charge is 2.11. The number of nitrogens with zero attached hydrogens (tertiary/aromatic N) is 3. The van der Waals surface area contributed by atoms with E-state index < -0.39 is 4.92 Å². The van der Waals surface area contributed by atoms with E-state index in [9.17, 15) is 10.1 Å². The average molecular weight is 302 g/mol. The first-order chi connectivity index (χ1) is 10.6. The van der Waals surface area contributed by atoms with Gasteiger partial charge in [0.1, 0.15) is 12.0 Å². The zero-order valence-corrected chi connectivity index (χ0v) is 12.6. The van der Waals surface area contributed by atoms with Gasteiger partial charge in [0.25, 0.3) is 5.69 Å². The smallest absolute Gasteiger partial charge is 0.290 e. The van der Waals surface area contributed by atoms with E-state index >= 15 is 0 Å². The lowest BCUT2D eigenvalue weighted by atomic mass is 10.2. The van der Waals surface area contributed by atoms with Crippen molar-refractivity contribution in [1.29, 1.82) is 0 Å². The van der Waals surface area contributed by atoms with Gasteiger partial charge in [-0.2, -0.15) is 0 Å². The van der Waals surface area contributed by atoms with Crippen molar-refractivity contribution in [2.45, 2.75) is 26.8 Å². The summed E-state index contributed by atoms with van der Waals surface area (Å²) in [7, 11) is 0. The van der Waals surface area contributed by atoms with Gasteiger partial charge in [-0.25, -0.2) is 9.97 Å². The molecule has 0 aromatic carbocycles. The summed E-state index contributed by atoms with van der Waals surface area (Å²) in [4.78, 5) is 18.6. The molecule has 7 nitrogen and oxygen atoms in total. The normalized spacial score (nSPS) is 10.3. The predicted molar refractivity (Wildman–Crippen MR) is 83.0 cm³/mol. The summed E-state index contributed by atoms with van der Waals surface area (Å²) in [6.45, 7) is 4.81. The molecule has 2 aromatic rings. The fourth-order valence-electron chi connectivity index (χ4n) is 1.91. The van der Waals surface area contributed by atoms with Crippen LogP contribution in [0.1, 0.15) is 24.5 Å². The maximum absolute atomic E-state index is 10.8. The minimum absolute atomic E-state index is 0.0129. The van der Waals surface area contributed by atoms with Crippen molar-refractivity contribution in [3.63, 3.8) is 0 Å². The van der Waals surface area contributed by atoms with Crippen molar-refractivity contribution in [3.05, 3.63) is 51.8 Å². The summed E-state index contributed by atoms with van der Waals surface area (Å²) in [5.41, 5.74) is 1.49. The molecule has 2 heterocycles. The van der Waals surface area contributed by atoms with Gasteiger partial charge in [-0.15, -0.1) is 0 Å². The van der Waals surface area contributed by atoms with E-state index in [4.69, 9.17) is 4.74 Å². The topological polar surface area (TPSA) is 90.2 Å². The largest absolute Gasteiger partial charge is 0.477 e. The molecule has 0 atom stereocenters. The Morgan fingerprint density at radius 2 is 2.23 bits per heavy atom. The van der Waals surface area contributed by atoms with Gasteiger partial charge in [-0.1, -0.05) is 13.0 Å². The highest BCUT2D eigenvalue weighted by Crippen LogP contribution is 2.20. The maximum Gasteiger partial charge on any atom is 0.290 e. The summed E-state index contributed by atoms with van der Waals surface area (Å²) >= 11 is 0. The molecule has 0 aliphatic carbocycles. The molecule has 1 N–H and O–H groups in total. The molecule has 0 unspecified atom stereocenters. The Labute approximate surface area is 128 Å². The monoisotopic (exact) mass is 302 g/mol. The predicted octanol–water partition coefficient (Wildman–Crippen LogP) is 3.09. The minimum atomic E-state index is -0.441. The molecule has 2 aromatic heterocycles. The Bertz CT molecular complexity index is 661. The van der Waals surface area contributed by atoms with Gasteiger partial charge in [-0.05, 0) is 25.5 Å². The van der Waals surface area contributed by atoms with Crippen LogP contribution in [0.2, 0.25) is 0 Å². The third-order valence-electron chi connectivity index (χ3n) is 3.03. The van der Waals surface area contributed by atoms with Crippen LogP contribution in [-0.2, 0) is 6.54 Å². The lowest BCUT2D eigenvalue weighted by Gasteiger charge is -2.11. The van der Waals surface area contributed by atoms with E-state index in [1.807, 2.05) is 19.1 Å². The van der Waals surface area contributed by atoms with Gasteiger partial charge in [0.15, 0.2) is 0 Å². The number of anilines is 1. The van der Waals surface area contributed by atoms with Crippen LogP contribution in [-0.4, -0.2) is 21.5 Å². The van der Waals surface area contributed by atoms with Gasteiger partial charge in [0, 0.05) is 23.9 Å². The number of nitrogens with one attached hydrogen (secondary N) is 1. The fraction of sp³-hybridized carbons (Fsp3) is 0.333. The standard InChI is InChI=1S/C15H18N4O3/c1-3-7-22-15-12(5-4-6-16-15)9-17-14-8-11(2)13(10-18-14)19(20)21/h4-6,8,10H,3,7,9H2,1-2H3,(H,17,18). The van der Waals surface area contributed by atoms with E-state index in [0.717, 1.165) is 12.0 Å². The number of nitro groups is 1. The van der Waals surface area contributed by atoms with Crippen molar-refractivity contribution in [2.75, 3.05) is 11.9 Å². The first-order valence-electron chi connectivity index (χ1n) is 7.03. The van der Waals surface area contributed by atoms with Crippen LogP contribution in [0, 0.1) is 17.0 Å². The molecule has 7 heteroatoms. The average Bonchev–Trinajstić information content (AvgIpc) is 2.51. The van der Waals surface area contributed by atoms with Crippen LogP contribution in [0.4, 0.5) is 11.5 Å². The van der Waals surface area contributed by atoms with Gasteiger partial charge >= 0.3 is 0 Å². The number of aryl methyl sites for hydroxylation is 1. The van der Waals surface area contributed by atoms with Crippen LogP contribution >= 0.6 is 0 Å². The molecular weight excluding hydrogens is 284 g/mol. The van der Waals surface area contributed by atoms with Crippen LogP contribution in [0.15, 0.2) is 30.6 Å². The third kappa shape index (κ3) is 3.91. The highest BCUT2D eigenvalue weighted by molar-refractivity contribution is 5.47. The Balaban J connectivity index is 2.07.